The molecule has 6 rings (SSSR count). The van der Waals surface area contributed by atoms with Crippen molar-refractivity contribution in [2.24, 2.45) is 10.8 Å². The Morgan fingerprint density at radius 1 is 0.938 bits per heavy atom. The van der Waals surface area contributed by atoms with E-state index in [9.17, 15) is 9.90 Å². The molecule has 4 heterocycles. The van der Waals surface area contributed by atoms with Gasteiger partial charge in [-0.1, -0.05) is 73.4 Å². The molecule has 0 atom stereocenters. The van der Waals surface area contributed by atoms with Gasteiger partial charge in [-0.2, -0.15) is 11.3 Å². The smallest absolute Gasteiger partial charge is 0.164 e. The third kappa shape index (κ3) is 7.21. The predicted molar refractivity (Wildman–Crippen MR) is 203 cm³/mol. The zero-order valence-corrected chi connectivity index (χ0v) is 33.9. The minimum absolute atomic E-state index is 0. The molecule has 7 heteroatoms. The summed E-state index contributed by atoms with van der Waals surface area (Å²) in [6.07, 6.45) is 6.60. The van der Waals surface area contributed by atoms with E-state index in [0.29, 0.717) is 0 Å². The molecule has 1 N–H and O–H groups in total. The molecule has 4 aromatic heterocycles. The molecule has 0 aliphatic carbocycles. The molecule has 0 saturated carbocycles. The summed E-state index contributed by atoms with van der Waals surface area (Å²) in [7, 11) is 0. The zero-order chi connectivity index (χ0) is 34.3. The van der Waals surface area contributed by atoms with Crippen LogP contribution in [-0.4, -0.2) is 15.9 Å². The van der Waals surface area contributed by atoms with Gasteiger partial charge in [-0.15, -0.1) is 34.9 Å². The van der Waals surface area contributed by atoms with E-state index in [1.54, 1.807) is 22.7 Å². The molecule has 0 saturated heterocycles. The van der Waals surface area contributed by atoms with Crippen molar-refractivity contribution in [3.05, 3.63) is 76.3 Å². The standard InChI is InChI=1S/C26H20NOS2.C15H28O2.Ir/c1-14-9-16-11-18-21(13-22(16)30-14)28-20-5-7-27-24(23(18)20)17-10-15-6-8-29-25(15)19(12-17)26(2,3)4;1-7-14(5,8-2)12(16)11-13(17)15(6,9-3)10-4;/h5-9,11-13H,1-4H3;11,16H,7-10H2,1-6H3;/q-1;;/b;12-11-;. The van der Waals surface area contributed by atoms with Crippen LogP contribution >= 0.6 is 22.7 Å². The minimum Gasteiger partial charge on any atom is -0.512 e. The van der Waals surface area contributed by atoms with Crippen LogP contribution < -0.4 is 0 Å². The van der Waals surface area contributed by atoms with Gasteiger partial charge in [-0.3, -0.25) is 9.78 Å². The van der Waals surface area contributed by atoms with Crippen molar-refractivity contribution in [1.82, 2.24) is 4.98 Å². The molecule has 2 aromatic carbocycles. The summed E-state index contributed by atoms with van der Waals surface area (Å²) in [5.74, 6) is 0.286. The molecule has 0 bridgehead atoms. The van der Waals surface area contributed by atoms with Crippen LogP contribution in [0.2, 0.25) is 0 Å². The van der Waals surface area contributed by atoms with Crippen LogP contribution in [0.25, 0.3) is 53.4 Å². The number of aliphatic hydroxyl groups excluding tert-OH is 1. The Balaban J connectivity index is 0.000000251. The van der Waals surface area contributed by atoms with E-state index in [0.717, 1.165) is 64.3 Å². The molecule has 257 valence electrons. The number of aliphatic hydroxyl groups is 1. The first-order chi connectivity index (χ1) is 22.2. The van der Waals surface area contributed by atoms with E-state index in [1.807, 2.05) is 53.8 Å². The van der Waals surface area contributed by atoms with Crippen LogP contribution in [0.3, 0.4) is 0 Å². The zero-order valence-electron chi connectivity index (χ0n) is 29.9. The number of aryl methyl sites for hydroxylation is 1. The molecule has 0 aliphatic rings. The number of thiophene rings is 2. The quantitative estimate of drug-likeness (QED) is 0.0941. The molecule has 0 amide bonds. The minimum atomic E-state index is -0.337. The van der Waals surface area contributed by atoms with Crippen molar-refractivity contribution in [1.29, 1.82) is 0 Å². The molecule has 0 aliphatic heterocycles. The van der Waals surface area contributed by atoms with Gasteiger partial charge in [0.15, 0.2) is 5.78 Å². The van der Waals surface area contributed by atoms with Crippen LogP contribution in [0.15, 0.2) is 64.2 Å². The number of hydrogen-bond acceptors (Lipinski definition) is 6. The normalized spacial score (nSPS) is 12.8. The topological polar surface area (TPSA) is 63.3 Å². The molecule has 4 nitrogen and oxygen atoms in total. The van der Waals surface area contributed by atoms with Crippen molar-refractivity contribution in [3.8, 4) is 11.3 Å². The second-order valence-electron chi connectivity index (χ2n) is 14.3. The van der Waals surface area contributed by atoms with Gasteiger partial charge in [-0.05, 0) is 77.8 Å². The van der Waals surface area contributed by atoms with E-state index in [4.69, 9.17) is 9.40 Å². The summed E-state index contributed by atoms with van der Waals surface area (Å²) >= 11 is 3.59. The monoisotopic (exact) mass is 859 g/mol. The van der Waals surface area contributed by atoms with Crippen molar-refractivity contribution < 1.29 is 34.4 Å². The first-order valence-corrected chi connectivity index (χ1v) is 18.5. The van der Waals surface area contributed by atoms with E-state index in [2.05, 4.69) is 69.5 Å². The van der Waals surface area contributed by atoms with E-state index in [-0.39, 0.29) is 47.9 Å². The van der Waals surface area contributed by atoms with E-state index in [1.165, 1.54) is 31.3 Å². The number of furan rings is 1. The van der Waals surface area contributed by atoms with Gasteiger partial charge in [0.2, 0.25) is 0 Å². The first-order valence-electron chi connectivity index (χ1n) is 16.8. The van der Waals surface area contributed by atoms with Gasteiger partial charge in [-0.25, -0.2) is 0 Å². The molecular formula is C41H48IrNO3S2-. The first kappa shape index (κ1) is 38.0. The fraction of sp³-hybridized carbons (Fsp3) is 0.415. The molecule has 6 aromatic rings. The van der Waals surface area contributed by atoms with E-state index >= 15 is 0 Å². The third-order valence-corrected chi connectivity index (χ3v) is 12.2. The van der Waals surface area contributed by atoms with Crippen LogP contribution in [0.4, 0.5) is 0 Å². The van der Waals surface area contributed by atoms with Gasteiger partial charge < -0.3 is 9.52 Å². The number of ketones is 1. The summed E-state index contributed by atoms with van der Waals surface area (Å²) < 4.78 is 8.83. The second-order valence-corrected chi connectivity index (χ2v) is 16.5. The molecule has 0 spiro atoms. The predicted octanol–water partition coefficient (Wildman–Crippen LogP) is 13.1. The van der Waals surface area contributed by atoms with Crippen LogP contribution in [0, 0.1) is 23.8 Å². The fourth-order valence-electron chi connectivity index (χ4n) is 5.97. The number of carbonyl (C=O) groups excluding carboxylic acids is 1. The van der Waals surface area contributed by atoms with Gasteiger partial charge in [0.05, 0.1) is 0 Å². The summed E-state index contributed by atoms with van der Waals surface area (Å²) in [5.41, 5.74) is 4.54. The Morgan fingerprint density at radius 2 is 1.60 bits per heavy atom. The van der Waals surface area contributed by atoms with Crippen molar-refractivity contribution >= 4 is 70.6 Å². The number of allylic oxidation sites excluding steroid dienone is 2. The van der Waals surface area contributed by atoms with Crippen molar-refractivity contribution in [2.75, 3.05) is 0 Å². The maximum atomic E-state index is 12.2. The van der Waals surface area contributed by atoms with Gasteiger partial charge in [0, 0.05) is 69.3 Å². The summed E-state index contributed by atoms with van der Waals surface area (Å²) in [6, 6.07) is 16.7. The molecular weight excluding hydrogens is 811 g/mol. The Morgan fingerprint density at radius 3 is 2.23 bits per heavy atom. The average molecular weight is 859 g/mol. The largest absolute Gasteiger partial charge is 0.512 e. The Kier molecular flexibility index (Phi) is 11.5. The number of benzene rings is 2. The number of fused-ring (bicyclic) bond motifs is 5. The fourth-order valence-corrected chi connectivity index (χ4v) is 7.98. The number of hydrogen-bond donors (Lipinski definition) is 1. The third-order valence-electron chi connectivity index (χ3n) is 10.3. The van der Waals surface area contributed by atoms with Crippen LogP contribution in [0.5, 0.6) is 0 Å². The Labute approximate surface area is 307 Å². The SMILES string of the molecule is CCC(C)(CC)C(=O)/C=C(\O)C(C)(CC)CC.Cc1cc2cc3c(cc2s1)oc1ccnc(-c2[c-]c4ccsc4c(C(C)(C)C)c2)c13.[Ir]. The van der Waals surface area contributed by atoms with Gasteiger partial charge in [0.1, 0.15) is 16.9 Å². The molecule has 1 radical (unpaired) electrons. The molecule has 0 unspecified atom stereocenters. The van der Waals surface area contributed by atoms with Crippen molar-refractivity contribution in [2.45, 2.75) is 100 Å². The molecule has 48 heavy (non-hydrogen) atoms. The van der Waals surface area contributed by atoms with Crippen LogP contribution in [0.1, 0.15) is 98.4 Å². The van der Waals surface area contributed by atoms with Crippen molar-refractivity contribution in [3.63, 3.8) is 0 Å². The van der Waals surface area contributed by atoms with Crippen LogP contribution in [-0.2, 0) is 30.3 Å². The second kappa shape index (κ2) is 14.6. The summed E-state index contributed by atoms with van der Waals surface area (Å²) in [4.78, 5) is 18.3. The number of nitrogens with zero attached hydrogens (tertiary/aromatic N) is 1. The Bertz CT molecular complexity index is 2100. The summed E-state index contributed by atoms with van der Waals surface area (Å²) in [6.45, 7) is 21.0. The van der Waals surface area contributed by atoms with Gasteiger partial charge >= 0.3 is 0 Å². The number of aromatic nitrogens is 1. The number of pyridine rings is 1. The molecule has 0 fully saturated rings. The average Bonchev–Trinajstić information content (AvgIpc) is 3.77. The Hall–Kier alpha value is -2.83. The van der Waals surface area contributed by atoms with E-state index < -0.39 is 0 Å². The number of rotatable bonds is 8. The maximum absolute atomic E-state index is 12.2. The van der Waals surface area contributed by atoms with Gasteiger partial charge in [0.25, 0.3) is 0 Å². The summed E-state index contributed by atoms with van der Waals surface area (Å²) in [5, 5.41) is 16.9. The maximum Gasteiger partial charge on any atom is 0.164 e. The number of carbonyl (C=O) groups is 1.